The van der Waals surface area contributed by atoms with Gasteiger partial charge in [0.05, 0.1) is 0 Å². The predicted molar refractivity (Wildman–Crippen MR) is 69.6 cm³/mol. The summed E-state index contributed by atoms with van der Waals surface area (Å²) in [5.41, 5.74) is 0.301. The molecule has 0 aliphatic rings. The summed E-state index contributed by atoms with van der Waals surface area (Å²) in [6, 6.07) is 8.11. The third-order valence-electron chi connectivity index (χ3n) is 2.08. The summed E-state index contributed by atoms with van der Waals surface area (Å²) in [7, 11) is -4.33. The first-order chi connectivity index (χ1) is 7.46. The van der Waals surface area contributed by atoms with Crippen molar-refractivity contribution >= 4 is 38.5 Å². The van der Waals surface area contributed by atoms with E-state index in [1.54, 1.807) is 18.2 Å². The van der Waals surface area contributed by atoms with Gasteiger partial charge in [-0.15, -0.1) is 0 Å². The second-order valence-electron chi connectivity index (χ2n) is 3.21. The molecule has 16 heavy (non-hydrogen) atoms. The molecule has 1 aromatic carbocycles. The first-order valence-electron chi connectivity index (χ1n) is 4.58. The van der Waals surface area contributed by atoms with Gasteiger partial charge < -0.3 is 0 Å². The maximum absolute atomic E-state index is 11.8. The molecule has 0 spiro atoms. The average molecular weight is 354 g/mol. The zero-order chi connectivity index (χ0) is 12.2. The predicted octanol–water partition coefficient (Wildman–Crippen LogP) is 1.95. The van der Waals surface area contributed by atoms with E-state index in [1.165, 1.54) is 12.1 Å². The number of carbonyl (C=O) groups excluding carboxylic acids is 1. The molecule has 0 aromatic heterocycles. The van der Waals surface area contributed by atoms with Crippen molar-refractivity contribution in [3.8, 4) is 0 Å². The lowest BCUT2D eigenvalue weighted by Gasteiger charge is -2.11. The molecule has 4 nitrogen and oxygen atoms in total. The van der Waals surface area contributed by atoms with Gasteiger partial charge in [-0.1, -0.05) is 52.9 Å². The fraction of sp³-hybridized carbons (Fsp3) is 0.300. The van der Waals surface area contributed by atoms with Crippen LogP contribution in [0.15, 0.2) is 30.3 Å². The molecule has 1 rings (SSSR count). The van der Waals surface area contributed by atoms with Crippen LogP contribution in [0.4, 0.5) is 0 Å². The third kappa shape index (κ3) is 3.53. The van der Waals surface area contributed by atoms with Gasteiger partial charge in [0.1, 0.15) is 5.25 Å². The Morgan fingerprint density at radius 2 is 1.88 bits per heavy atom. The lowest BCUT2D eigenvalue weighted by molar-refractivity contribution is 0.0983. The number of Topliss-reactive ketones (excluding diaryl/α,β-unsaturated/α-hetero) is 1. The molecule has 88 valence electrons. The highest BCUT2D eigenvalue weighted by Crippen LogP contribution is 2.14. The van der Waals surface area contributed by atoms with Crippen LogP contribution in [0.1, 0.15) is 16.8 Å². The normalized spacial score (nSPS) is 13.4. The molecule has 0 aliphatic carbocycles. The number of halogens is 1. The number of hydrogen-bond donors (Lipinski definition) is 1. The Balaban J connectivity index is 3.02. The van der Waals surface area contributed by atoms with Gasteiger partial charge in [0, 0.05) is 9.99 Å². The summed E-state index contributed by atoms with van der Waals surface area (Å²) >= 11 is 1.97. The van der Waals surface area contributed by atoms with E-state index in [-0.39, 0.29) is 6.42 Å². The first kappa shape index (κ1) is 13.6. The Morgan fingerprint density at radius 1 is 1.31 bits per heavy atom. The van der Waals surface area contributed by atoms with Gasteiger partial charge in [0.2, 0.25) is 0 Å². The fourth-order valence-corrected chi connectivity index (χ4v) is 3.17. The highest BCUT2D eigenvalue weighted by molar-refractivity contribution is 14.1. The SMILES string of the molecule is O=C(c1ccccc1)C(CCI)S(=O)(=O)O. The van der Waals surface area contributed by atoms with Crippen molar-refractivity contribution in [1.29, 1.82) is 0 Å². The van der Waals surface area contributed by atoms with E-state index < -0.39 is 21.2 Å². The number of ketones is 1. The highest BCUT2D eigenvalue weighted by atomic mass is 127. The topological polar surface area (TPSA) is 71.4 Å². The lowest BCUT2D eigenvalue weighted by Crippen LogP contribution is -2.30. The molecule has 0 fully saturated rings. The molecule has 0 heterocycles. The van der Waals surface area contributed by atoms with E-state index in [1.807, 2.05) is 22.6 Å². The minimum atomic E-state index is -4.33. The zero-order valence-electron chi connectivity index (χ0n) is 8.34. The summed E-state index contributed by atoms with van der Waals surface area (Å²) in [5.74, 6) is -0.556. The van der Waals surface area contributed by atoms with Crippen LogP contribution in [0.5, 0.6) is 0 Å². The Kier molecular flexibility index (Phi) is 4.88. The van der Waals surface area contributed by atoms with Crippen LogP contribution in [0.2, 0.25) is 0 Å². The molecule has 1 N–H and O–H groups in total. The number of hydrogen-bond acceptors (Lipinski definition) is 3. The summed E-state index contributed by atoms with van der Waals surface area (Å²) in [6.07, 6.45) is 0.118. The highest BCUT2D eigenvalue weighted by Gasteiger charge is 2.30. The van der Waals surface area contributed by atoms with Gasteiger partial charge in [0.15, 0.2) is 5.78 Å². The van der Waals surface area contributed by atoms with Crippen LogP contribution in [0.25, 0.3) is 0 Å². The van der Waals surface area contributed by atoms with Crippen molar-refractivity contribution in [2.75, 3.05) is 4.43 Å². The molecular formula is C10H11IO4S. The summed E-state index contributed by atoms with van der Waals surface area (Å²) in [6.45, 7) is 0. The number of rotatable bonds is 5. The van der Waals surface area contributed by atoms with Crippen molar-refractivity contribution in [2.24, 2.45) is 0 Å². The van der Waals surface area contributed by atoms with E-state index in [4.69, 9.17) is 4.55 Å². The van der Waals surface area contributed by atoms with E-state index in [2.05, 4.69) is 0 Å². The minimum Gasteiger partial charge on any atom is -0.293 e. The largest absolute Gasteiger partial charge is 0.293 e. The van der Waals surface area contributed by atoms with Crippen LogP contribution in [-0.2, 0) is 10.1 Å². The van der Waals surface area contributed by atoms with Gasteiger partial charge in [-0.3, -0.25) is 9.35 Å². The van der Waals surface area contributed by atoms with Crippen molar-refractivity contribution in [2.45, 2.75) is 11.7 Å². The van der Waals surface area contributed by atoms with Crippen LogP contribution >= 0.6 is 22.6 Å². The second kappa shape index (κ2) is 5.74. The summed E-state index contributed by atoms with van der Waals surface area (Å²) < 4.78 is 31.6. The standard InChI is InChI=1S/C10H11IO4S/c11-7-6-9(16(13,14)15)10(12)8-4-2-1-3-5-8/h1-5,9H,6-7H2,(H,13,14,15). The Labute approximate surface area is 108 Å². The van der Waals surface area contributed by atoms with Gasteiger partial charge in [0.25, 0.3) is 10.1 Å². The van der Waals surface area contributed by atoms with Gasteiger partial charge >= 0.3 is 0 Å². The number of alkyl halides is 1. The molecule has 1 unspecified atom stereocenters. The van der Waals surface area contributed by atoms with Gasteiger partial charge in [-0.25, -0.2) is 0 Å². The van der Waals surface area contributed by atoms with E-state index in [0.29, 0.717) is 9.99 Å². The molecule has 0 saturated carbocycles. The van der Waals surface area contributed by atoms with Crippen molar-refractivity contribution in [1.82, 2.24) is 0 Å². The third-order valence-corrected chi connectivity index (χ3v) is 3.87. The lowest BCUT2D eigenvalue weighted by atomic mass is 10.1. The van der Waals surface area contributed by atoms with Crippen molar-refractivity contribution in [3.63, 3.8) is 0 Å². The van der Waals surface area contributed by atoms with Gasteiger partial charge in [-0.2, -0.15) is 8.42 Å². The maximum Gasteiger partial charge on any atom is 0.275 e. The van der Waals surface area contributed by atoms with E-state index in [9.17, 15) is 13.2 Å². The monoisotopic (exact) mass is 354 g/mol. The van der Waals surface area contributed by atoms with Crippen LogP contribution in [0, 0.1) is 0 Å². The molecule has 1 atom stereocenters. The molecule has 0 radical (unpaired) electrons. The minimum absolute atomic E-state index is 0.118. The summed E-state index contributed by atoms with van der Waals surface area (Å²) in [5, 5.41) is -1.35. The quantitative estimate of drug-likeness (QED) is 0.380. The van der Waals surface area contributed by atoms with E-state index >= 15 is 0 Å². The Morgan fingerprint density at radius 3 is 2.31 bits per heavy atom. The molecule has 6 heteroatoms. The summed E-state index contributed by atoms with van der Waals surface area (Å²) in [4.78, 5) is 11.8. The van der Waals surface area contributed by atoms with Crippen LogP contribution in [0.3, 0.4) is 0 Å². The molecule has 0 bridgehead atoms. The smallest absolute Gasteiger partial charge is 0.275 e. The zero-order valence-corrected chi connectivity index (χ0v) is 11.3. The molecule has 0 amide bonds. The van der Waals surface area contributed by atoms with Gasteiger partial charge in [-0.05, 0) is 6.42 Å². The second-order valence-corrected chi connectivity index (χ2v) is 5.89. The van der Waals surface area contributed by atoms with Crippen molar-refractivity contribution in [3.05, 3.63) is 35.9 Å². The van der Waals surface area contributed by atoms with E-state index in [0.717, 1.165) is 0 Å². The van der Waals surface area contributed by atoms with Crippen LogP contribution < -0.4 is 0 Å². The molecule has 0 saturated heterocycles. The number of benzene rings is 1. The van der Waals surface area contributed by atoms with Crippen molar-refractivity contribution < 1.29 is 17.8 Å². The molecular weight excluding hydrogens is 343 g/mol. The molecule has 0 aliphatic heterocycles. The Hall–Kier alpha value is -0.470. The Bertz CT molecular complexity index is 455. The number of carbonyl (C=O) groups is 1. The average Bonchev–Trinajstić information content (AvgIpc) is 2.25. The molecule has 1 aromatic rings. The first-order valence-corrected chi connectivity index (χ1v) is 7.61. The maximum atomic E-state index is 11.8. The fourth-order valence-electron chi connectivity index (χ4n) is 1.30. The van der Waals surface area contributed by atoms with Crippen LogP contribution in [-0.4, -0.2) is 28.4 Å².